The zero-order chi connectivity index (χ0) is 22.8. The highest BCUT2D eigenvalue weighted by molar-refractivity contribution is 6.04. The lowest BCUT2D eigenvalue weighted by molar-refractivity contribution is -0.122. The van der Waals surface area contributed by atoms with E-state index in [1.807, 2.05) is 52.7 Å². The van der Waals surface area contributed by atoms with E-state index in [2.05, 4.69) is 21.5 Å². The number of aromatic nitrogens is 4. The average molecular weight is 438 g/mol. The molecule has 5 rings (SSSR count). The number of nitrogens with one attached hydrogen (secondary N) is 1. The van der Waals surface area contributed by atoms with Crippen molar-refractivity contribution in [1.29, 1.82) is 0 Å². The van der Waals surface area contributed by atoms with Gasteiger partial charge in [-0.3, -0.25) is 14.4 Å². The van der Waals surface area contributed by atoms with Crippen molar-refractivity contribution in [2.45, 2.75) is 25.4 Å². The SMILES string of the molecule is CN(C)Cc1ccc2n(c1=O)C[C@H]1C[C@@H]2CN(C(=O)c2cccc3n[nH]nc23)C1.O=CO. The number of carbonyl (C=O) groups is 2. The van der Waals surface area contributed by atoms with Crippen LogP contribution in [0.3, 0.4) is 0 Å². The van der Waals surface area contributed by atoms with Crippen molar-refractivity contribution in [3.8, 4) is 0 Å². The maximum Gasteiger partial charge on any atom is 0.290 e. The molecule has 2 aliphatic heterocycles. The molecule has 2 bridgehead atoms. The minimum atomic E-state index is -0.250. The molecule has 0 saturated carbocycles. The predicted molar refractivity (Wildman–Crippen MR) is 117 cm³/mol. The van der Waals surface area contributed by atoms with Gasteiger partial charge in [0.1, 0.15) is 11.0 Å². The smallest absolute Gasteiger partial charge is 0.290 e. The number of nitrogens with zero attached hydrogens (tertiary/aromatic N) is 5. The Kier molecular flexibility index (Phi) is 6.04. The van der Waals surface area contributed by atoms with Crippen LogP contribution in [-0.4, -0.2) is 74.4 Å². The summed E-state index contributed by atoms with van der Waals surface area (Å²) in [4.78, 5) is 38.5. The minimum absolute atomic E-state index is 0.0146. The molecule has 2 aromatic heterocycles. The molecule has 10 nitrogen and oxygen atoms in total. The zero-order valence-corrected chi connectivity index (χ0v) is 18.1. The van der Waals surface area contributed by atoms with E-state index in [0.29, 0.717) is 42.8 Å². The first-order valence-electron chi connectivity index (χ1n) is 10.5. The number of H-pyrrole nitrogens is 1. The van der Waals surface area contributed by atoms with Crippen LogP contribution in [0.5, 0.6) is 0 Å². The molecule has 2 atom stereocenters. The second kappa shape index (κ2) is 8.91. The van der Waals surface area contributed by atoms with Crippen LogP contribution in [0.4, 0.5) is 0 Å². The van der Waals surface area contributed by atoms with Gasteiger partial charge in [0.25, 0.3) is 17.9 Å². The van der Waals surface area contributed by atoms with Gasteiger partial charge in [0.05, 0.1) is 5.56 Å². The van der Waals surface area contributed by atoms with Crippen molar-refractivity contribution < 1.29 is 14.7 Å². The Hall–Kier alpha value is -3.53. The summed E-state index contributed by atoms with van der Waals surface area (Å²) in [7, 11) is 3.94. The monoisotopic (exact) mass is 438 g/mol. The number of benzene rings is 1. The number of aromatic amines is 1. The Balaban J connectivity index is 0.000000775. The number of para-hydroxylation sites is 1. The van der Waals surface area contributed by atoms with E-state index in [0.717, 1.165) is 17.7 Å². The lowest BCUT2D eigenvalue weighted by Crippen LogP contribution is -2.49. The molecule has 0 radical (unpaired) electrons. The van der Waals surface area contributed by atoms with Crippen LogP contribution < -0.4 is 5.56 Å². The summed E-state index contributed by atoms with van der Waals surface area (Å²) in [5.41, 5.74) is 3.86. The third kappa shape index (κ3) is 4.01. The van der Waals surface area contributed by atoms with Gasteiger partial charge in [-0.05, 0) is 44.6 Å². The van der Waals surface area contributed by atoms with Crippen molar-refractivity contribution in [1.82, 2.24) is 29.8 Å². The molecule has 2 N–H and O–H groups in total. The van der Waals surface area contributed by atoms with Gasteiger partial charge in [0, 0.05) is 43.4 Å². The Morgan fingerprint density at radius 1 is 1.22 bits per heavy atom. The molecule has 2 aliphatic rings. The molecular weight excluding hydrogens is 412 g/mol. The number of piperidine rings is 1. The van der Waals surface area contributed by atoms with Gasteiger partial charge < -0.3 is 19.5 Å². The first kappa shape index (κ1) is 21.7. The highest BCUT2D eigenvalue weighted by atomic mass is 16.3. The van der Waals surface area contributed by atoms with Crippen LogP contribution >= 0.6 is 0 Å². The van der Waals surface area contributed by atoms with Crippen LogP contribution in [0.15, 0.2) is 35.1 Å². The number of rotatable bonds is 3. The fourth-order valence-corrected chi connectivity index (χ4v) is 4.83. The van der Waals surface area contributed by atoms with E-state index >= 15 is 0 Å². The molecule has 1 aromatic carbocycles. The number of hydrogen-bond acceptors (Lipinski definition) is 6. The molecule has 1 amide bonds. The van der Waals surface area contributed by atoms with E-state index in [4.69, 9.17) is 9.90 Å². The Bertz CT molecular complexity index is 1200. The Morgan fingerprint density at radius 2 is 2.00 bits per heavy atom. The molecule has 168 valence electrons. The van der Waals surface area contributed by atoms with Crippen molar-refractivity contribution in [2.24, 2.45) is 5.92 Å². The van der Waals surface area contributed by atoms with Gasteiger partial charge in [0.2, 0.25) is 0 Å². The van der Waals surface area contributed by atoms with Crippen molar-refractivity contribution in [2.75, 3.05) is 27.2 Å². The fraction of sp³-hybridized carbons (Fsp3) is 0.409. The Labute approximate surface area is 184 Å². The fourth-order valence-electron chi connectivity index (χ4n) is 4.83. The van der Waals surface area contributed by atoms with Gasteiger partial charge >= 0.3 is 0 Å². The van der Waals surface area contributed by atoms with E-state index in [1.54, 1.807) is 0 Å². The quantitative estimate of drug-likeness (QED) is 0.588. The minimum Gasteiger partial charge on any atom is -0.483 e. The van der Waals surface area contributed by atoms with Crippen LogP contribution in [0.1, 0.15) is 34.0 Å². The topological polar surface area (TPSA) is 124 Å². The van der Waals surface area contributed by atoms with Crippen LogP contribution in [0.25, 0.3) is 11.0 Å². The first-order valence-corrected chi connectivity index (χ1v) is 10.5. The highest BCUT2D eigenvalue weighted by Gasteiger charge is 2.37. The van der Waals surface area contributed by atoms with E-state index in [-0.39, 0.29) is 29.8 Å². The van der Waals surface area contributed by atoms with E-state index in [1.165, 1.54) is 0 Å². The van der Waals surface area contributed by atoms with Crippen LogP contribution in [0, 0.1) is 5.92 Å². The van der Waals surface area contributed by atoms with Crippen LogP contribution in [-0.2, 0) is 17.9 Å². The molecule has 10 heteroatoms. The zero-order valence-electron chi connectivity index (χ0n) is 18.1. The predicted octanol–water partition coefficient (Wildman–Crippen LogP) is 1.14. The molecular formula is C22H26N6O4. The Morgan fingerprint density at radius 3 is 2.75 bits per heavy atom. The third-order valence-corrected chi connectivity index (χ3v) is 6.03. The second-order valence-electron chi connectivity index (χ2n) is 8.55. The first-order chi connectivity index (χ1) is 15.4. The summed E-state index contributed by atoms with van der Waals surface area (Å²) in [5, 5.41) is 17.7. The molecule has 0 spiro atoms. The summed E-state index contributed by atoms with van der Waals surface area (Å²) in [5.74, 6) is 0.456. The molecule has 0 aliphatic carbocycles. The largest absolute Gasteiger partial charge is 0.483 e. The summed E-state index contributed by atoms with van der Waals surface area (Å²) in [6, 6.07) is 9.51. The van der Waals surface area contributed by atoms with Gasteiger partial charge in [-0.25, -0.2) is 0 Å². The summed E-state index contributed by atoms with van der Waals surface area (Å²) in [6.07, 6.45) is 1.02. The number of amides is 1. The number of hydrogen-bond donors (Lipinski definition) is 2. The second-order valence-corrected chi connectivity index (χ2v) is 8.55. The number of fused-ring (bicyclic) bond motifs is 5. The molecule has 4 heterocycles. The molecule has 32 heavy (non-hydrogen) atoms. The normalized spacial score (nSPS) is 19.3. The standard InChI is InChI=1S/C21H24N6O2.CH2O2/c1-25(2)11-14-6-7-18-15-8-13(10-27(18)20(14)28)9-26(12-15)21(29)16-4-3-5-17-19(16)23-24-22-17;2-1-3/h3-7,13,15H,8-12H2,1-2H3,(H,22,23,24);1H,(H,2,3)/t13-,15+;/m0./s1. The summed E-state index contributed by atoms with van der Waals surface area (Å²) >= 11 is 0. The maximum absolute atomic E-state index is 13.3. The number of carboxylic acid groups (broad SMARTS) is 1. The van der Waals surface area contributed by atoms with Gasteiger partial charge in [-0.1, -0.05) is 12.1 Å². The molecule has 3 aromatic rings. The van der Waals surface area contributed by atoms with Crippen LogP contribution in [0.2, 0.25) is 0 Å². The summed E-state index contributed by atoms with van der Waals surface area (Å²) < 4.78 is 1.94. The van der Waals surface area contributed by atoms with Gasteiger partial charge in [-0.15, -0.1) is 0 Å². The number of carbonyl (C=O) groups excluding carboxylic acids is 1. The highest BCUT2D eigenvalue weighted by Crippen LogP contribution is 2.36. The van der Waals surface area contributed by atoms with E-state index in [9.17, 15) is 9.59 Å². The van der Waals surface area contributed by atoms with E-state index < -0.39 is 0 Å². The number of likely N-dealkylation sites (tertiary alicyclic amines) is 1. The van der Waals surface area contributed by atoms with Gasteiger partial charge in [0.15, 0.2) is 0 Å². The summed E-state index contributed by atoms with van der Waals surface area (Å²) in [6.45, 7) is 2.34. The molecule has 1 saturated heterocycles. The van der Waals surface area contributed by atoms with Gasteiger partial charge in [-0.2, -0.15) is 15.4 Å². The maximum atomic E-state index is 13.3. The average Bonchev–Trinajstić information content (AvgIpc) is 3.25. The lowest BCUT2D eigenvalue weighted by Gasteiger charge is -2.43. The third-order valence-electron chi connectivity index (χ3n) is 6.03. The molecule has 1 fully saturated rings. The number of pyridine rings is 1. The van der Waals surface area contributed by atoms with Crippen molar-refractivity contribution in [3.63, 3.8) is 0 Å². The van der Waals surface area contributed by atoms with Crippen molar-refractivity contribution in [3.05, 3.63) is 57.5 Å². The lowest BCUT2D eigenvalue weighted by atomic mass is 9.82. The van der Waals surface area contributed by atoms with Crippen molar-refractivity contribution >= 4 is 23.4 Å². The molecule has 0 unspecified atom stereocenters.